The second-order valence-corrected chi connectivity index (χ2v) is 9.51. The Morgan fingerprint density at radius 1 is 1.20 bits per heavy atom. The fraction of sp³-hybridized carbons (Fsp3) is 0.522. The summed E-state index contributed by atoms with van der Waals surface area (Å²) in [5.41, 5.74) is 1.14. The van der Waals surface area contributed by atoms with Crippen molar-refractivity contribution in [1.82, 2.24) is 14.8 Å². The summed E-state index contributed by atoms with van der Waals surface area (Å²) in [6.45, 7) is 10.1. The van der Waals surface area contributed by atoms with Gasteiger partial charge in [0.25, 0.3) is 5.91 Å². The first kappa shape index (κ1) is 22.3. The van der Waals surface area contributed by atoms with E-state index in [1.807, 2.05) is 68.3 Å². The minimum absolute atomic E-state index is 0.0324. The Kier molecular flexibility index (Phi) is 7.13. The van der Waals surface area contributed by atoms with Gasteiger partial charge in [0.05, 0.1) is 5.01 Å². The number of nitrogens with zero attached hydrogens (tertiary/aromatic N) is 3. The second kappa shape index (κ2) is 9.60. The molecule has 0 atom stereocenters. The highest BCUT2D eigenvalue weighted by Gasteiger charge is 2.29. The summed E-state index contributed by atoms with van der Waals surface area (Å²) >= 11 is 1.54. The maximum Gasteiger partial charge on any atom is 0.410 e. The zero-order valence-electron chi connectivity index (χ0n) is 18.3. The van der Waals surface area contributed by atoms with Crippen LogP contribution in [-0.2, 0) is 11.3 Å². The summed E-state index contributed by atoms with van der Waals surface area (Å²) in [5, 5.41) is 2.85. The van der Waals surface area contributed by atoms with E-state index in [2.05, 4.69) is 4.98 Å². The molecule has 0 aliphatic carbocycles. The predicted molar refractivity (Wildman–Crippen MR) is 119 cm³/mol. The van der Waals surface area contributed by atoms with Gasteiger partial charge in [0.15, 0.2) is 0 Å². The van der Waals surface area contributed by atoms with Gasteiger partial charge in [-0.05, 0) is 46.1 Å². The second-order valence-electron chi connectivity index (χ2n) is 8.62. The molecule has 1 fully saturated rings. The normalized spacial score (nSPS) is 15.1. The Bertz CT molecular complexity index is 852. The van der Waals surface area contributed by atoms with Crippen molar-refractivity contribution < 1.29 is 14.3 Å². The van der Waals surface area contributed by atoms with E-state index in [0.29, 0.717) is 31.9 Å². The van der Waals surface area contributed by atoms with E-state index in [1.54, 1.807) is 16.2 Å². The molecule has 1 aromatic heterocycles. The lowest BCUT2D eigenvalue weighted by Gasteiger charge is -2.32. The van der Waals surface area contributed by atoms with Crippen LogP contribution in [0.4, 0.5) is 4.79 Å². The standard InChI is InChI=1S/C23H31N3O3S/c1-5-25(15-17-9-7-6-8-10-17)21(27)19-16-30-20(24-19)18-11-13-26(14-12-18)22(28)29-23(2,3)4/h6-10,16,18H,5,11-15H2,1-4H3. The molecule has 1 aromatic carbocycles. The Labute approximate surface area is 182 Å². The fourth-order valence-electron chi connectivity index (χ4n) is 3.50. The van der Waals surface area contributed by atoms with Crippen molar-refractivity contribution in [2.24, 2.45) is 0 Å². The minimum atomic E-state index is -0.483. The van der Waals surface area contributed by atoms with Gasteiger partial charge in [0, 0.05) is 37.5 Å². The molecule has 7 heteroatoms. The van der Waals surface area contributed by atoms with Crippen molar-refractivity contribution in [3.05, 3.63) is 52.0 Å². The molecule has 30 heavy (non-hydrogen) atoms. The van der Waals surface area contributed by atoms with Crippen molar-refractivity contribution in [2.45, 2.75) is 58.6 Å². The number of ether oxygens (including phenoxy) is 1. The number of hydrogen-bond acceptors (Lipinski definition) is 5. The van der Waals surface area contributed by atoms with Gasteiger partial charge in [-0.1, -0.05) is 30.3 Å². The van der Waals surface area contributed by atoms with Crippen LogP contribution in [0.3, 0.4) is 0 Å². The maximum absolute atomic E-state index is 13.0. The van der Waals surface area contributed by atoms with Crippen LogP contribution in [-0.4, -0.2) is 52.0 Å². The molecule has 1 saturated heterocycles. The quantitative estimate of drug-likeness (QED) is 0.677. The number of likely N-dealkylation sites (tertiary alicyclic amines) is 1. The van der Waals surface area contributed by atoms with Crippen LogP contribution in [0.15, 0.2) is 35.7 Å². The van der Waals surface area contributed by atoms with E-state index in [-0.39, 0.29) is 17.9 Å². The first-order valence-electron chi connectivity index (χ1n) is 10.5. The van der Waals surface area contributed by atoms with E-state index in [9.17, 15) is 9.59 Å². The van der Waals surface area contributed by atoms with Crippen molar-refractivity contribution in [3.63, 3.8) is 0 Å². The zero-order chi connectivity index (χ0) is 21.7. The summed E-state index contributed by atoms with van der Waals surface area (Å²) in [7, 11) is 0. The minimum Gasteiger partial charge on any atom is -0.444 e. The average Bonchev–Trinajstić information content (AvgIpc) is 3.21. The monoisotopic (exact) mass is 429 g/mol. The predicted octanol–water partition coefficient (Wildman–Crippen LogP) is 4.92. The summed E-state index contributed by atoms with van der Waals surface area (Å²) in [6.07, 6.45) is 1.42. The van der Waals surface area contributed by atoms with Crippen LogP contribution < -0.4 is 0 Å². The fourth-order valence-corrected chi connectivity index (χ4v) is 4.47. The van der Waals surface area contributed by atoms with Crippen LogP contribution in [0.1, 0.15) is 67.5 Å². The Balaban J connectivity index is 1.58. The molecule has 0 spiro atoms. The van der Waals surface area contributed by atoms with Crippen molar-refractivity contribution in [1.29, 1.82) is 0 Å². The number of benzene rings is 1. The summed E-state index contributed by atoms with van der Waals surface area (Å²) in [6, 6.07) is 10.0. The molecule has 162 valence electrons. The molecule has 2 amide bonds. The SMILES string of the molecule is CCN(Cc1ccccc1)C(=O)c1csc(C2CCN(C(=O)OC(C)(C)C)CC2)n1. The van der Waals surface area contributed by atoms with Gasteiger partial charge in [0.1, 0.15) is 11.3 Å². The first-order chi connectivity index (χ1) is 14.3. The molecule has 6 nitrogen and oxygen atoms in total. The molecule has 0 saturated carbocycles. The Morgan fingerprint density at radius 3 is 2.47 bits per heavy atom. The highest BCUT2D eigenvalue weighted by atomic mass is 32.1. The van der Waals surface area contributed by atoms with Gasteiger partial charge < -0.3 is 14.5 Å². The molecule has 1 aliphatic rings. The molecular weight excluding hydrogens is 398 g/mol. The molecule has 0 N–H and O–H groups in total. The van der Waals surface area contributed by atoms with Gasteiger partial charge in [0.2, 0.25) is 0 Å². The molecule has 0 bridgehead atoms. The van der Waals surface area contributed by atoms with Crippen LogP contribution in [0.5, 0.6) is 0 Å². The molecule has 2 heterocycles. The van der Waals surface area contributed by atoms with E-state index < -0.39 is 5.60 Å². The van der Waals surface area contributed by atoms with Crippen molar-refractivity contribution in [2.75, 3.05) is 19.6 Å². The van der Waals surface area contributed by atoms with Crippen molar-refractivity contribution >= 4 is 23.3 Å². The smallest absolute Gasteiger partial charge is 0.410 e. The van der Waals surface area contributed by atoms with Crippen molar-refractivity contribution in [3.8, 4) is 0 Å². The molecular formula is C23H31N3O3S. The molecule has 0 radical (unpaired) electrons. The summed E-state index contributed by atoms with van der Waals surface area (Å²) in [4.78, 5) is 33.4. The van der Waals surface area contributed by atoms with Gasteiger partial charge >= 0.3 is 6.09 Å². The number of thiazole rings is 1. The lowest BCUT2D eigenvalue weighted by Crippen LogP contribution is -2.41. The number of hydrogen-bond donors (Lipinski definition) is 0. The van der Waals surface area contributed by atoms with Gasteiger partial charge in [-0.15, -0.1) is 11.3 Å². The molecule has 2 aromatic rings. The highest BCUT2D eigenvalue weighted by molar-refractivity contribution is 7.09. The van der Waals surface area contributed by atoms with Gasteiger partial charge in [-0.2, -0.15) is 0 Å². The molecule has 1 aliphatic heterocycles. The Hall–Kier alpha value is -2.41. The number of carbonyl (C=O) groups is 2. The zero-order valence-corrected chi connectivity index (χ0v) is 19.1. The third-order valence-electron chi connectivity index (χ3n) is 5.12. The summed E-state index contributed by atoms with van der Waals surface area (Å²) < 4.78 is 5.47. The highest BCUT2D eigenvalue weighted by Crippen LogP contribution is 2.31. The summed E-state index contributed by atoms with van der Waals surface area (Å²) in [5.74, 6) is 0.245. The lowest BCUT2D eigenvalue weighted by atomic mass is 9.98. The van der Waals surface area contributed by atoms with E-state index >= 15 is 0 Å². The first-order valence-corrected chi connectivity index (χ1v) is 11.4. The van der Waals surface area contributed by atoms with Crippen LogP contribution >= 0.6 is 11.3 Å². The third kappa shape index (κ3) is 5.81. The number of rotatable bonds is 5. The number of piperidine rings is 1. The average molecular weight is 430 g/mol. The topological polar surface area (TPSA) is 62.7 Å². The van der Waals surface area contributed by atoms with E-state index in [4.69, 9.17) is 4.74 Å². The van der Waals surface area contributed by atoms with Crippen LogP contribution in [0.25, 0.3) is 0 Å². The molecule has 3 rings (SSSR count). The van der Waals surface area contributed by atoms with Crippen LogP contribution in [0, 0.1) is 0 Å². The number of carbonyl (C=O) groups excluding carboxylic acids is 2. The lowest BCUT2D eigenvalue weighted by molar-refractivity contribution is 0.0204. The number of aromatic nitrogens is 1. The van der Waals surface area contributed by atoms with E-state index in [0.717, 1.165) is 23.4 Å². The number of amides is 2. The van der Waals surface area contributed by atoms with Gasteiger partial charge in [-0.3, -0.25) is 4.79 Å². The van der Waals surface area contributed by atoms with Gasteiger partial charge in [-0.25, -0.2) is 9.78 Å². The molecule has 0 unspecified atom stereocenters. The largest absolute Gasteiger partial charge is 0.444 e. The Morgan fingerprint density at radius 2 is 1.87 bits per heavy atom. The maximum atomic E-state index is 13.0. The van der Waals surface area contributed by atoms with Crippen LogP contribution in [0.2, 0.25) is 0 Å². The third-order valence-corrected chi connectivity index (χ3v) is 6.13. The van der Waals surface area contributed by atoms with E-state index in [1.165, 1.54) is 0 Å².